The highest BCUT2D eigenvalue weighted by Gasteiger charge is 2.38. The number of nitrogens with zero attached hydrogens (tertiary/aromatic N) is 1. The van der Waals surface area contributed by atoms with Crippen molar-refractivity contribution in [1.82, 2.24) is 4.90 Å². The lowest BCUT2D eigenvalue weighted by molar-refractivity contribution is 0.120. The van der Waals surface area contributed by atoms with Gasteiger partial charge in [0.1, 0.15) is 0 Å². The average Bonchev–Trinajstić information content (AvgIpc) is 2.92. The van der Waals surface area contributed by atoms with Gasteiger partial charge in [0, 0.05) is 18.6 Å². The molecule has 2 unspecified atom stereocenters. The molecule has 0 heterocycles. The van der Waals surface area contributed by atoms with Crippen molar-refractivity contribution in [1.29, 1.82) is 0 Å². The second-order valence-electron chi connectivity index (χ2n) is 4.69. The number of rotatable bonds is 5. The van der Waals surface area contributed by atoms with E-state index in [1.165, 1.54) is 32.1 Å². The van der Waals surface area contributed by atoms with Crippen molar-refractivity contribution in [3.05, 3.63) is 0 Å². The predicted octanol–water partition coefficient (Wildman–Crippen LogP) is 0.570. The van der Waals surface area contributed by atoms with Crippen LogP contribution in [0, 0.1) is 5.92 Å². The van der Waals surface area contributed by atoms with Gasteiger partial charge in [-0.25, -0.2) is 0 Å². The molecule has 2 aliphatic rings. The molecule has 3 nitrogen and oxygen atoms in total. The Bertz CT molecular complexity index is 182. The van der Waals surface area contributed by atoms with Gasteiger partial charge in [-0.2, -0.15) is 0 Å². The molecule has 14 heavy (non-hydrogen) atoms. The number of hydrogen-bond acceptors (Lipinski definition) is 3. The summed E-state index contributed by atoms with van der Waals surface area (Å²) >= 11 is 0. The molecule has 2 aliphatic carbocycles. The van der Waals surface area contributed by atoms with Crippen molar-refractivity contribution in [2.45, 2.75) is 44.2 Å². The molecule has 2 fully saturated rings. The van der Waals surface area contributed by atoms with Crippen LogP contribution >= 0.6 is 0 Å². The van der Waals surface area contributed by atoms with Crippen LogP contribution in [0.25, 0.3) is 0 Å². The zero-order valence-electron chi connectivity index (χ0n) is 8.86. The minimum absolute atomic E-state index is 0.296. The van der Waals surface area contributed by atoms with Gasteiger partial charge >= 0.3 is 0 Å². The van der Waals surface area contributed by atoms with Gasteiger partial charge < -0.3 is 10.8 Å². The van der Waals surface area contributed by atoms with Crippen molar-refractivity contribution >= 4 is 0 Å². The van der Waals surface area contributed by atoms with Crippen LogP contribution in [0.5, 0.6) is 0 Å². The van der Waals surface area contributed by atoms with Crippen LogP contribution in [0.3, 0.4) is 0 Å². The zero-order chi connectivity index (χ0) is 9.97. The smallest absolute Gasteiger partial charge is 0.0558 e. The summed E-state index contributed by atoms with van der Waals surface area (Å²) in [5.74, 6) is 0.683. The quantitative estimate of drug-likeness (QED) is 0.679. The summed E-state index contributed by atoms with van der Waals surface area (Å²) in [4.78, 5) is 2.52. The maximum atomic E-state index is 9.06. The summed E-state index contributed by atoms with van der Waals surface area (Å²) in [5, 5.41) is 9.06. The van der Waals surface area contributed by atoms with Crippen molar-refractivity contribution in [2.24, 2.45) is 11.7 Å². The normalized spacial score (nSPS) is 32.8. The second kappa shape index (κ2) is 4.60. The van der Waals surface area contributed by atoms with Crippen LogP contribution in [0.15, 0.2) is 0 Å². The molecule has 0 aromatic heterocycles. The monoisotopic (exact) mass is 198 g/mol. The van der Waals surface area contributed by atoms with E-state index >= 15 is 0 Å². The Morgan fingerprint density at radius 3 is 2.57 bits per heavy atom. The topological polar surface area (TPSA) is 49.5 Å². The Hall–Kier alpha value is -0.120. The molecule has 0 saturated heterocycles. The fraction of sp³-hybridized carbons (Fsp3) is 1.00. The van der Waals surface area contributed by atoms with Crippen LogP contribution in [-0.4, -0.2) is 41.8 Å². The summed E-state index contributed by atoms with van der Waals surface area (Å²) in [6, 6.07) is 1.43. The fourth-order valence-electron chi connectivity index (χ4n) is 2.87. The van der Waals surface area contributed by atoms with Gasteiger partial charge in [0.25, 0.3) is 0 Å². The third kappa shape index (κ3) is 2.10. The second-order valence-corrected chi connectivity index (χ2v) is 4.69. The van der Waals surface area contributed by atoms with Crippen LogP contribution in [0.1, 0.15) is 32.1 Å². The molecule has 0 radical (unpaired) electrons. The van der Waals surface area contributed by atoms with Crippen molar-refractivity contribution < 1.29 is 5.11 Å². The van der Waals surface area contributed by atoms with E-state index in [1.54, 1.807) is 0 Å². The fourth-order valence-corrected chi connectivity index (χ4v) is 2.87. The van der Waals surface area contributed by atoms with Gasteiger partial charge in [-0.3, -0.25) is 4.90 Å². The highest BCUT2D eigenvalue weighted by atomic mass is 16.3. The lowest BCUT2D eigenvalue weighted by atomic mass is 10.0. The Labute approximate surface area is 86.3 Å². The zero-order valence-corrected chi connectivity index (χ0v) is 8.86. The first-order chi connectivity index (χ1) is 6.86. The lowest BCUT2D eigenvalue weighted by Gasteiger charge is -2.32. The summed E-state index contributed by atoms with van der Waals surface area (Å²) < 4.78 is 0. The molecule has 2 atom stereocenters. The van der Waals surface area contributed by atoms with Crippen molar-refractivity contribution in [3.8, 4) is 0 Å². The third-order valence-electron chi connectivity index (χ3n) is 3.72. The van der Waals surface area contributed by atoms with Crippen molar-refractivity contribution in [2.75, 3.05) is 19.7 Å². The van der Waals surface area contributed by atoms with Gasteiger partial charge in [-0.15, -0.1) is 0 Å². The minimum atomic E-state index is 0.296. The first-order valence-electron chi connectivity index (χ1n) is 5.93. The molecule has 2 rings (SSSR count). The number of nitrogens with two attached hydrogens (primary N) is 1. The molecule has 3 heteroatoms. The van der Waals surface area contributed by atoms with Gasteiger partial charge in [0.15, 0.2) is 0 Å². The highest BCUT2D eigenvalue weighted by molar-refractivity contribution is 4.94. The van der Waals surface area contributed by atoms with E-state index in [4.69, 9.17) is 10.8 Å². The first kappa shape index (κ1) is 10.4. The highest BCUT2D eigenvalue weighted by Crippen LogP contribution is 2.36. The van der Waals surface area contributed by atoms with E-state index in [-0.39, 0.29) is 0 Å². The average molecular weight is 198 g/mol. The molecule has 0 spiro atoms. The molecular formula is C11H22N2O. The SMILES string of the molecule is NCC1CCCC1N(CCO)C1CC1. The number of hydrogen-bond donors (Lipinski definition) is 2. The molecule has 3 N–H and O–H groups in total. The molecular weight excluding hydrogens is 176 g/mol. The van der Waals surface area contributed by atoms with E-state index in [0.29, 0.717) is 18.6 Å². The molecule has 0 bridgehead atoms. The van der Waals surface area contributed by atoms with Gasteiger partial charge in [-0.1, -0.05) is 6.42 Å². The standard InChI is InChI=1S/C11H22N2O/c12-8-9-2-1-3-11(9)13(6-7-14)10-4-5-10/h9-11,14H,1-8,12H2. The van der Waals surface area contributed by atoms with Crippen molar-refractivity contribution in [3.63, 3.8) is 0 Å². The number of aliphatic hydroxyl groups is 1. The molecule has 0 aromatic carbocycles. The van der Waals surface area contributed by atoms with E-state index in [2.05, 4.69) is 4.90 Å². The minimum Gasteiger partial charge on any atom is -0.395 e. The van der Waals surface area contributed by atoms with E-state index in [0.717, 1.165) is 19.1 Å². The van der Waals surface area contributed by atoms with E-state index in [1.807, 2.05) is 0 Å². The third-order valence-corrected chi connectivity index (χ3v) is 3.72. The Morgan fingerprint density at radius 2 is 2.00 bits per heavy atom. The molecule has 0 amide bonds. The predicted molar refractivity (Wildman–Crippen MR) is 57.0 cm³/mol. The van der Waals surface area contributed by atoms with E-state index < -0.39 is 0 Å². The summed E-state index contributed by atoms with van der Waals surface area (Å²) in [6.45, 7) is 1.97. The Balaban J connectivity index is 1.94. The summed E-state index contributed by atoms with van der Waals surface area (Å²) in [7, 11) is 0. The molecule has 0 aliphatic heterocycles. The number of aliphatic hydroxyl groups excluding tert-OH is 1. The van der Waals surface area contributed by atoms with Crippen LogP contribution in [0.4, 0.5) is 0 Å². The van der Waals surface area contributed by atoms with Crippen LogP contribution in [0.2, 0.25) is 0 Å². The van der Waals surface area contributed by atoms with Gasteiger partial charge in [0.05, 0.1) is 6.61 Å². The molecule has 82 valence electrons. The molecule has 2 saturated carbocycles. The van der Waals surface area contributed by atoms with Gasteiger partial charge in [0.2, 0.25) is 0 Å². The maximum Gasteiger partial charge on any atom is 0.0558 e. The van der Waals surface area contributed by atoms with Gasteiger partial charge in [-0.05, 0) is 38.1 Å². The van der Waals surface area contributed by atoms with Crippen LogP contribution in [-0.2, 0) is 0 Å². The Kier molecular flexibility index (Phi) is 3.42. The summed E-state index contributed by atoms with van der Waals surface area (Å²) in [6.07, 6.45) is 6.55. The van der Waals surface area contributed by atoms with Crippen LogP contribution < -0.4 is 5.73 Å². The van der Waals surface area contributed by atoms with E-state index in [9.17, 15) is 0 Å². The largest absolute Gasteiger partial charge is 0.395 e. The molecule has 0 aromatic rings. The first-order valence-corrected chi connectivity index (χ1v) is 5.93. The maximum absolute atomic E-state index is 9.06. The summed E-state index contributed by atoms with van der Waals surface area (Å²) in [5.41, 5.74) is 5.79. The Morgan fingerprint density at radius 1 is 1.21 bits per heavy atom. The lowest BCUT2D eigenvalue weighted by Crippen LogP contribution is -2.43.